The van der Waals surface area contributed by atoms with E-state index in [1.807, 2.05) is 12.3 Å². The number of Topliss-reactive ketones (excluding diaryl/α,β-unsaturated/α-hetero) is 1. The monoisotopic (exact) mass is 436 g/mol. The van der Waals surface area contributed by atoms with Gasteiger partial charge in [0.05, 0.1) is 12.7 Å². The molecule has 8 nitrogen and oxygen atoms in total. The normalized spacial score (nSPS) is 17.7. The molecule has 164 valence electrons. The van der Waals surface area contributed by atoms with Gasteiger partial charge in [-0.3, -0.25) is 14.3 Å². The summed E-state index contributed by atoms with van der Waals surface area (Å²) in [5, 5.41) is 4.10. The van der Waals surface area contributed by atoms with Gasteiger partial charge in [-0.25, -0.2) is 9.37 Å². The second kappa shape index (κ2) is 8.41. The summed E-state index contributed by atoms with van der Waals surface area (Å²) in [7, 11) is 0. The van der Waals surface area contributed by atoms with E-state index in [-0.39, 0.29) is 11.7 Å². The molecule has 1 atom stereocenters. The molecule has 5 rings (SSSR count). The molecule has 0 bridgehead atoms. The first-order valence-corrected chi connectivity index (χ1v) is 10.5. The molecule has 1 aliphatic carbocycles. The van der Waals surface area contributed by atoms with Crippen LogP contribution in [0, 0.1) is 5.82 Å². The molecule has 1 amide bonds. The van der Waals surface area contributed by atoms with Crippen LogP contribution in [0.1, 0.15) is 28.8 Å². The number of halogens is 1. The fourth-order valence-corrected chi connectivity index (χ4v) is 4.04. The van der Waals surface area contributed by atoms with Crippen LogP contribution in [0.3, 0.4) is 0 Å². The molecule has 1 aromatic carbocycles. The van der Waals surface area contributed by atoms with Gasteiger partial charge in [0.1, 0.15) is 18.2 Å². The first kappa shape index (κ1) is 20.2. The Labute approximate surface area is 183 Å². The number of carbonyl (C=O) groups excluding carboxylic acids is 2. The van der Waals surface area contributed by atoms with Crippen LogP contribution in [0.5, 0.6) is 11.6 Å². The van der Waals surface area contributed by atoms with Gasteiger partial charge in [0.2, 0.25) is 5.88 Å². The van der Waals surface area contributed by atoms with Gasteiger partial charge in [-0.1, -0.05) is 0 Å². The van der Waals surface area contributed by atoms with E-state index in [1.165, 1.54) is 17.2 Å². The first-order chi connectivity index (χ1) is 15.6. The average molecular weight is 436 g/mol. The van der Waals surface area contributed by atoms with E-state index >= 15 is 0 Å². The number of hydrogen-bond donors (Lipinski definition) is 0. The summed E-state index contributed by atoms with van der Waals surface area (Å²) in [6.07, 6.45) is 5.54. The zero-order valence-corrected chi connectivity index (χ0v) is 17.2. The van der Waals surface area contributed by atoms with E-state index in [0.717, 1.165) is 0 Å². The van der Waals surface area contributed by atoms with Crippen LogP contribution in [0.4, 0.5) is 10.1 Å². The highest BCUT2D eigenvalue weighted by Gasteiger charge is 2.36. The quantitative estimate of drug-likeness (QED) is 0.566. The highest BCUT2D eigenvalue weighted by atomic mass is 19.1. The second-order valence-corrected chi connectivity index (χ2v) is 7.71. The van der Waals surface area contributed by atoms with Crippen LogP contribution in [0.25, 0.3) is 0 Å². The van der Waals surface area contributed by atoms with Gasteiger partial charge in [0.15, 0.2) is 11.9 Å². The van der Waals surface area contributed by atoms with Crippen molar-refractivity contribution in [3.63, 3.8) is 0 Å². The molecule has 0 spiro atoms. The van der Waals surface area contributed by atoms with E-state index in [1.54, 1.807) is 29.1 Å². The van der Waals surface area contributed by atoms with Crippen molar-refractivity contribution in [3.8, 4) is 11.6 Å². The van der Waals surface area contributed by atoms with Gasteiger partial charge in [0, 0.05) is 49.1 Å². The van der Waals surface area contributed by atoms with E-state index < -0.39 is 11.9 Å². The third kappa shape index (κ3) is 3.93. The summed E-state index contributed by atoms with van der Waals surface area (Å²) in [6.45, 7) is 1.41. The van der Waals surface area contributed by atoms with Crippen molar-refractivity contribution in [2.45, 2.75) is 31.9 Å². The molecule has 1 fully saturated rings. The maximum absolute atomic E-state index is 14.4. The van der Waals surface area contributed by atoms with Crippen LogP contribution in [-0.4, -0.2) is 45.7 Å². The standard InChI is InChI=1S/C23H21FN4O4/c24-19-13-15(12-18-17(19)3-4-20(18)29)28-9-6-21(23(28)30)32-16-2-5-22(25-14-16)31-11-10-27-8-1-7-26-27/h1-2,5,7-8,12-14,21H,3-4,6,9-11H2/t21-/m1/s1. The van der Waals surface area contributed by atoms with Gasteiger partial charge in [-0.15, -0.1) is 0 Å². The smallest absolute Gasteiger partial charge is 0.268 e. The molecule has 1 saturated heterocycles. The number of amides is 1. The fraction of sp³-hybridized carbons (Fsp3) is 0.304. The minimum absolute atomic E-state index is 0.0850. The maximum atomic E-state index is 14.4. The third-order valence-electron chi connectivity index (χ3n) is 5.67. The number of fused-ring (bicyclic) bond motifs is 1. The molecule has 2 aliphatic rings. The van der Waals surface area contributed by atoms with E-state index in [4.69, 9.17) is 9.47 Å². The summed E-state index contributed by atoms with van der Waals surface area (Å²) in [6, 6.07) is 8.16. The summed E-state index contributed by atoms with van der Waals surface area (Å²) >= 11 is 0. The van der Waals surface area contributed by atoms with Crippen molar-refractivity contribution in [2.75, 3.05) is 18.1 Å². The molecular formula is C23H21FN4O4. The molecule has 3 heterocycles. The van der Waals surface area contributed by atoms with Gasteiger partial charge in [0.25, 0.3) is 5.91 Å². The zero-order valence-electron chi connectivity index (χ0n) is 17.2. The Balaban J connectivity index is 1.20. The molecule has 0 unspecified atom stereocenters. The minimum atomic E-state index is -0.699. The van der Waals surface area contributed by atoms with Crippen molar-refractivity contribution < 1.29 is 23.5 Å². The number of nitrogens with zero attached hydrogens (tertiary/aromatic N) is 4. The van der Waals surface area contributed by atoms with Crippen LogP contribution in [-0.2, 0) is 17.8 Å². The summed E-state index contributed by atoms with van der Waals surface area (Å²) in [4.78, 5) is 30.6. The van der Waals surface area contributed by atoms with Gasteiger partial charge >= 0.3 is 0 Å². The second-order valence-electron chi connectivity index (χ2n) is 7.71. The molecule has 0 saturated carbocycles. The number of anilines is 1. The Kier molecular flexibility index (Phi) is 5.30. The van der Waals surface area contributed by atoms with Gasteiger partial charge < -0.3 is 14.4 Å². The topological polar surface area (TPSA) is 86.6 Å². The van der Waals surface area contributed by atoms with Crippen molar-refractivity contribution >= 4 is 17.4 Å². The molecule has 9 heteroatoms. The largest absolute Gasteiger partial charge is 0.479 e. The third-order valence-corrected chi connectivity index (χ3v) is 5.67. The van der Waals surface area contributed by atoms with Crippen molar-refractivity contribution in [2.24, 2.45) is 0 Å². The molecule has 32 heavy (non-hydrogen) atoms. The number of aromatic nitrogens is 3. The van der Waals surface area contributed by atoms with Gasteiger partial charge in [-0.05, 0) is 36.2 Å². The molecule has 3 aromatic rings. The van der Waals surface area contributed by atoms with Crippen molar-refractivity contribution in [1.29, 1.82) is 0 Å². The summed E-state index contributed by atoms with van der Waals surface area (Å²) in [5.41, 5.74) is 1.22. The minimum Gasteiger partial charge on any atom is -0.479 e. The highest BCUT2D eigenvalue weighted by molar-refractivity contribution is 6.04. The number of ether oxygens (including phenoxy) is 2. The number of carbonyl (C=O) groups is 2. The number of hydrogen-bond acceptors (Lipinski definition) is 6. The summed E-state index contributed by atoms with van der Waals surface area (Å²) < 4.78 is 27.6. The lowest BCUT2D eigenvalue weighted by Crippen LogP contribution is -2.32. The number of ketones is 1. The maximum Gasteiger partial charge on any atom is 0.268 e. The van der Waals surface area contributed by atoms with E-state index in [2.05, 4.69) is 10.1 Å². The lowest BCUT2D eigenvalue weighted by atomic mass is 10.1. The fourth-order valence-electron chi connectivity index (χ4n) is 4.04. The predicted molar refractivity (Wildman–Crippen MR) is 112 cm³/mol. The van der Waals surface area contributed by atoms with E-state index in [9.17, 15) is 14.0 Å². The van der Waals surface area contributed by atoms with Crippen LogP contribution < -0.4 is 14.4 Å². The average Bonchev–Trinajstić information content (AvgIpc) is 3.52. The van der Waals surface area contributed by atoms with Crippen LogP contribution >= 0.6 is 0 Å². The SMILES string of the molecule is O=C1CCc2c(F)cc(N3CC[C@@H](Oc4ccc(OCCn5cccn5)nc4)C3=O)cc21. The Morgan fingerprint density at radius 2 is 2.09 bits per heavy atom. The molecular weight excluding hydrogens is 415 g/mol. The predicted octanol–water partition coefficient (Wildman–Crippen LogP) is 2.81. The Morgan fingerprint density at radius 1 is 1.19 bits per heavy atom. The number of rotatable bonds is 7. The highest BCUT2D eigenvalue weighted by Crippen LogP contribution is 2.32. The molecule has 0 radical (unpaired) electrons. The number of pyridine rings is 1. The lowest BCUT2D eigenvalue weighted by molar-refractivity contribution is -0.122. The van der Waals surface area contributed by atoms with E-state index in [0.29, 0.717) is 67.4 Å². The van der Waals surface area contributed by atoms with Crippen LogP contribution in [0.2, 0.25) is 0 Å². The lowest BCUT2D eigenvalue weighted by Gasteiger charge is -2.18. The zero-order chi connectivity index (χ0) is 22.1. The molecule has 2 aromatic heterocycles. The summed E-state index contributed by atoms with van der Waals surface area (Å²) in [5.74, 6) is 0.0995. The Bertz CT molecular complexity index is 1150. The van der Waals surface area contributed by atoms with Crippen molar-refractivity contribution in [1.82, 2.24) is 14.8 Å². The first-order valence-electron chi connectivity index (χ1n) is 10.5. The molecule has 1 aliphatic heterocycles. The van der Waals surface area contributed by atoms with Gasteiger partial charge in [-0.2, -0.15) is 5.10 Å². The Morgan fingerprint density at radius 3 is 2.88 bits per heavy atom. The van der Waals surface area contributed by atoms with Crippen LogP contribution in [0.15, 0.2) is 48.9 Å². The van der Waals surface area contributed by atoms with Crippen molar-refractivity contribution in [3.05, 3.63) is 65.9 Å². The Hall–Kier alpha value is -3.75. The molecule has 0 N–H and O–H groups in total. The number of benzene rings is 1.